The first-order chi connectivity index (χ1) is 12.4. The molecular formula is C18H26BrFN4O3. The van der Waals surface area contributed by atoms with Crippen LogP contribution in [-0.2, 0) is 9.53 Å². The summed E-state index contributed by atoms with van der Waals surface area (Å²) in [6.45, 7) is 5.08. The van der Waals surface area contributed by atoms with Crippen LogP contribution in [0.1, 0.15) is 27.2 Å². The lowest BCUT2D eigenvalue weighted by Gasteiger charge is -2.28. The predicted molar refractivity (Wildman–Crippen MR) is 104 cm³/mol. The molecule has 1 N–H and O–H groups in total. The molecule has 0 radical (unpaired) electrons. The van der Waals surface area contributed by atoms with E-state index in [4.69, 9.17) is 4.74 Å². The third kappa shape index (κ3) is 6.14. The van der Waals surface area contributed by atoms with Gasteiger partial charge in [0.1, 0.15) is 27.7 Å². The molecule has 2 atom stereocenters. The van der Waals surface area contributed by atoms with Gasteiger partial charge in [-0.15, -0.1) is 0 Å². The average Bonchev–Trinajstić information content (AvgIpc) is 2.82. The van der Waals surface area contributed by atoms with E-state index in [1.54, 1.807) is 58.0 Å². The molecule has 2 amide bonds. The van der Waals surface area contributed by atoms with Gasteiger partial charge in [-0.05, 0) is 62.9 Å². The maximum absolute atomic E-state index is 15.3. The molecule has 1 aromatic rings. The van der Waals surface area contributed by atoms with Crippen LogP contribution in [0.3, 0.4) is 0 Å². The Labute approximate surface area is 167 Å². The average molecular weight is 445 g/mol. The first-order valence-corrected chi connectivity index (χ1v) is 9.44. The van der Waals surface area contributed by atoms with Gasteiger partial charge >= 0.3 is 6.09 Å². The zero-order chi connectivity index (χ0) is 20.4. The van der Waals surface area contributed by atoms with E-state index >= 15 is 4.39 Å². The van der Waals surface area contributed by atoms with Gasteiger partial charge in [0, 0.05) is 13.0 Å². The number of carbonyl (C=O) groups excluding carboxylic acids is 2. The third-order valence-electron chi connectivity index (χ3n) is 3.89. The molecule has 1 aliphatic heterocycles. The van der Waals surface area contributed by atoms with Crippen LogP contribution in [0.5, 0.6) is 0 Å². The van der Waals surface area contributed by atoms with Crippen molar-refractivity contribution >= 4 is 33.7 Å². The highest BCUT2D eigenvalue weighted by Gasteiger charge is 2.50. The van der Waals surface area contributed by atoms with E-state index in [1.165, 1.54) is 4.90 Å². The highest BCUT2D eigenvalue weighted by molar-refractivity contribution is 9.10. The van der Waals surface area contributed by atoms with Crippen LogP contribution in [0.15, 0.2) is 22.8 Å². The minimum atomic E-state index is -1.70. The molecule has 27 heavy (non-hydrogen) atoms. The molecule has 0 aromatic carbocycles. The maximum atomic E-state index is 15.3. The van der Waals surface area contributed by atoms with Crippen LogP contribution in [0.25, 0.3) is 0 Å². The Morgan fingerprint density at radius 3 is 2.67 bits per heavy atom. The highest BCUT2D eigenvalue weighted by Crippen LogP contribution is 2.33. The molecule has 150 valence electrons. The number of rotatable bonds is 4. The number of pyridine rings is 1. The number of hydrogen-bond acceptors (Lipinski definition) is 5. The number of ether oxygens (including phenoxy) is 1. The summed E-state index contributed by atoms with van der Waals surface area (Å²) >= 11 is 3.24. The predicted octanol–water partition coefficient (Wildman–Crippen LogP) is 3.06. The number of aromatic nitrogens is 1. The highest BCUT2D eigenvalue weighted by atomic mass is 79.9. The largest absolute Gasteiger partial charge is 0.444 e. The van der Waals surface area contributed by atoms with Crippen molar-refractivity contribution in [3.05, 3.63) is 22.8 Å². The number of hydrogen-bond donors (Lipinski definition) is 1. The summed E-state index contributed by atoms with van der Waals surface area (Å²) in [5.74, 6) is -0.174. The number of nitrogens with zero attached hydrogens (tertiary/aromatic N) is 3. The summed E-state index contributed by atoms with van der Waals surface area (Å²) in [6, 6.07) is 4.09. The molecule has 2 rings (SSSR count). The first kappa shape index (κ1) is 21.6. The van der Waals surface area contributed by atoms with E-state index in [-0.39, 0.29) is 19.5 Å². The Kier molecular flexibility index (Phi) is 6.47. The number of nitrogens with one attached hydrogen (secondary N) is 1. The number of amides is 2. The minimum absolute atomic E-state index is 0.102. The van der Waals surface area contributed by atoms with Crippen molar-refractivity contribution in [1.82, 2.24) is 14.8 Å². The second-order valence-corrected chi connectivity index (χ2v) is 8.86. The molecule has 0 bridgehead atoms. The van der Waals surface area contributed by atoms with Crippen LogP contribution >= 0.6 is 15.9 Å². The lowest BCUT2D eigenvalue weighted by atomic mass is 10.0. The quantitative estimate of drug-likeness (QED) is 0.722. The summed E-state index contributed by atoms with van der Waals surface area (Å²) in [7, 11) is 3.50. The number of alkyl halides is 1. The lowest BCUT2D eigenvalue weighted by molar-refractivity contribution is -0.120. The molecule has 1 aliphatic rings. The molecule has 2 heterocycles. The molecular weight excluding hydrogens is 419 g/mol. The fourth-order valence-corrected chi connectivity index (χ4v) is 3.40. The van der Waals surface area contributed by atoms with Gasteiger partial charge in [0.2, 0.25) is 5.91 Å². The van der Waals surface area contributed by atoms with Gasteiger partial charge < -0.3 is 15.0 Å². The van der Waals surface area contributed by atoms with Crippen molar-refractivity contribution in [2.24, 2.45) is 0 Å². The summed E-state index contributed by atoms with van der Waals surface area (Å²) in [6.07, 6.45) is -0.812. The summed E-state index contributed by atoms with van der Waals surface area (Å²) in [5, 5.41) is 2.65. The summed E-state index contributed by atoms with van der Waals surface area (Å²) in [4.78, 5) is 32.4. The second kappa shape index (κ2) is 8.10. The van der Waals surface area contributed by atoms with Crippen LogP contribution in [-0.4, -0.2) is 71.3 Å². The number of anilines is 1. The summed E-state index contributed by atoms with van der Waals surface area (Å²) < 4.78 is 21.3. The molecule has 0 saturated carbocycles. The number of carbonyl (C=O) groups is 2. The zero-order valence-corrected chi connectivity index (χ0v) is 17.8. The van der Waals surface area contributed by atoms with Crippen molar-refractivity contribution < 1.29 is 18.7 Å². The van der Waals surface area contributed by atoms with Crippen molar-refractivity contribution in [3.63, 3.8) is 0 Å². The number of halogens is 2. The van der Waals surface area contributed by atoms with Crippen LogP contribution < -0.4 is 5.32 Å². The monoisotopic (exact) mass is 444 g/mol. The molecule has 1 aromatic heterocycles. The van der Waals surface area contributed by atoms with Crippen molar-refractivity contribution in [2.45, 2.75) is 44.5 Å². The van der Waals surface area contributed by atoms with Gasteiger partial charge in [0.15, 0.2) is 0 Å². The van der Waals surface area contributed by atoms with Gasteiger partial charge in [0.05, 0.1) is 6.54 Å². The van der Waals surface area contributed by atoms with E-state index in [0.717, 1.165) is 0 Å². The van der Waals surface area contributed by atoms with Crippen molar-refractivity contribution in [1.29, 1.82) is 0 Å². The Hall–Kier alpha value is -1.74. The molecule has 1 fully saturated rings. The normalized spacial score (nSPS) is 22.8. The van der Waals surface area contributed by atoms with Crippen LogP contribution in [0.4, 0.5) is 15.0 Å². The van der Waals surface area contributed by atoms with E-state index < -0.39 is 29.3 Å². The van der Waals surface area contributed by atoms with Gasteiger partial charge in [-0.3, -0.25) is 9.69 Å². The fraction of sp³-hybridized carbons (Fsp3) is 0.611. The molecule has 1 saturated heterocycles. The zero-order valence-electron chi connectivity index (χ0n) is 16.3. The number of likely N-dealkylation sites (tertiary alicyclic amines) is 1. The van der Waals surface area contributed by atoms with Crippen LogP contribution in [0, 0.1) is 0 Å². The van der Waals surface area contributed by atoms with E-state index in [0.29, 0.717) is 10.4 Å². The minimum Gasteiger partial charge on any atom is -0.444 e. The Bertz CT molecular complexity index is 710. The molecule has 9 heteroatoms. The van der Waals surface area contributed by atoms with Gasteiger partial charge in [0.25, 0.3) is 0 Å². The van der Waals surface area contributed by atoms with Crippen molar-refractivity contribution in [2.75, 3.05) is 32.5 Å². The van der Waals surface area contributed by atoms with Gasteiger partial charge in [-0.25, -0.2) is 14.2 Å². The lowest BCUT2D eigenvalue weighted by Crippen LogP contribution is -2.46. The van der Waals surface area contributed by atoms with E-state index in [2.05, 4.69) is 26.2 Å². The van der Waals surface area contributed by atoms with E-state index in [9.17, 15) is 9.59 Å². The molecule has 0 aliphatic carbocycles. The first-order valence-electron chi connectivity index (χ1n) is 8.65. The van der Waals surface area contributed by atoms with Gasteiger partial charge in [-0.1, -0.05) is 6.07 Å². The topological polar surface area (TPSA) is 74.8 Å². The molecule has 0 unspecified atom stereocenters. The smallest absolute Gasteiger partial charge is 0.411 e. The fourth-order valence-electron chi connectivity index (χ4n) is 3.05. The third-order valence-corrected chi connectivity index (χ3v) is 4.33. The Balaban J connectivity index is 2.22. The maximum Gasteiger partial charge on any atom is 0.411 e. The SMILES string of the molecule is CN(C)C[C@@]1(F)C[C@@H](C(=O)Nc2cccc(Br)n2)N(C(=O)OC(C)(C)C)C1. The Morgan fingerprint density at radius 2 is 2.11 bits per heavy atom. The van der Waals surface area contributed by atoms with E-state index in [1.807, 2.05) is 0 Å². The van der Waals surface area contributed by atoms with Crippen LogP contribution in [0.2, 0.25) is 0 Å². The Morgan fingerprint density at radius 1 is 1.44 bits per heavy atom. The molecule has 7 nitrogen and oxygen atoms in total. The second-order valence-electron chi connectivity index (χ2n) is 8.05. The van der Waals surface area contributed by atoms with Crippen molar-refractivity contribution in [3.8, 4) is 0 Å². The standard InChI is InChI=1S/C18H26BrFN4O3/c1-17(2,3)27-16(26)24-11-18(20,10-23(4)5)9-12(24)15(25)22-14-8-6-7-13(19)21-14/h6-8,12H,9-11H2,1-5H3,(H,21,22,25)/t12-,18-/m0/s1. The summed E-state index contributed by atoms with van der Waals surface area (Å²) in [5.41, 5.74) is -2.44. The van der Waals surface area contributed by atoms with Gasteiger partial charge in [-0.2, -0.15) is 0 Å². The molecule has 0 spiro atoms.